The van der Waals surface area contributed by atoms with Crippen molar-refractivity contribution in [2.45, 2.75) is 65.4 Å². The number of hydrogen-bond acceptors (Lipinski definition) is 7. The zero-order valence-corrected chi connectivity index (χ0v) is 19.5. The number of fused-ring (bicyclic) bond motifs is 5. The Hall–Kier alpha value is -1.86. The van der Waals surface area contributed by atoms with Gasteiger partial charge in [-0.3, -0.25) is 19.2 Å². The van der Waals surface area contributed by atoms with E-state index in [1.165, 1.54) is 14.0 Å². The number of methoxy groups -OCH3 is 1. The molecule has 7 heteroatoms. The Bertz CT molecular complexity index is 860. The van der Waals surface area contributed by atoms with Crippen LogP contribution in [0.25, 0.3) is 0 Å². The molecule has 0 saturated heterocycles. The van der Waals surface area contributed by atoms with Crippen LogP contribution in [0.1, 0.15) is 59.3 Å². The van der Waals surface area contributed by atoms with E-state index in [9.17, 15) is 19.2 Å². The highest BCUT2D eigenvalue weighted by molar-refractivity contribution is 5.96. The summed E-state index contributed by atoms with van der Waals surface area (Å²) in [5, 5.41) is 0. The molecule has 3 fully saturated rings. The fourth-order valence-electron chi connectivity index (χ4n) is 7.52. The molecular formula is C25H34O7. The number of carbonyl (C=O) groups excluding carboxylic acids is 4. The quantitative estimate of drug-likeness (QED) is 0.457. The summed E-state index contributed by atoms with van der Waals surface area (Å²) in [6.07, 6.45) is 5.26. The number of hydrogen-bond donors (Lipinski definition) is 0. The van der Waals surface area contributed by atoms with E-state index in [1.807, 2.05) is 0 Å². The molecule has 4 rings (SSSR count). The van der Waals surface area contributed by atoms with Gasteiger partial charge in [0.2, 0.25) is 0 Å². The second-order valence-corrected chi connectivity index (χ2v) is 10.6. The van der Waals surface area contributed by atoms with Crippen molar-refractivity contribution in [2.75, 3.05) is 20.5 Å². The van der Waals surface area contributed by atoms with Crippen LogP contribution in [-0.2, 0) is 33.4 Å². The third-order valence-corrected chi connectivity index (χ3v) is 8.86. The van der Waals surface area contributed by atoms with E-state index in [0.29, 0.717) is 12.8 Å². The van der Waals surface area contributed by atoms with Gasteiger partial charge in [-0.2, -0.15) is 0 Å². The Morgan fingerprint density at radius 3 is 2.59 bits per heavy atom. The normalized spacial score (nSPS) is 40.8. The van der Waals surface area contributed by atoms with Gasteiger partial charge in [-0.15, -0.1) is 0 Å². The standard InChI is InChI=1S/C25H34O7/c1-14(26)31-12-21(29)18-8-7-17-16-6-5-15-9-19(27)22(32-13-30-4)11-24(15,2)23(16)20(28)10-25(17,18)3/h9,16-18,22-23H,5-8,10-13H2,1-4H3/t16-,17-,18+,22?,23+,24-,25-/m0/s1. The molecule has 0 heterocycles. The van der Waals surface area contributed by atoms with Crippen LogP contribution in [0, 0.1) is 34.5 Å². The van der Waals surface area contributed by atoms with Crippen LogP contribution in [0.15, 0.2) is 11.6 Å². The minimum Gasteiger partial charge on any atom is -0.458 e. The van der Waals surface area contributed by atoms with Gasteiger partial charge >= 0.3 is 5.97 Å². The van der Waals surface area contributed by atoms with Crippen LogP contribution < -0.4 is 0 Å². The zero-order valence-electron chi connectivity index (χ0n) is 19.5. The Labute approximate surface area is 189 Å². The van der Waals surface area contributed by atoms with Crippen molar-refractivity contribution in [3.63, 3.8) is 0 Å². The molecule has 0 N–H and O–H groups in total. The Morgan fingerprint density at radius 2 is 1.91 bits per heavy atom. The number of carbonyl (C=O) groups is 4. The predicted molar refractivity (Wildman–Crippen MR) is 114 cm³/mol. The first-order chi connectivity index (χ1) is 15.1. The van der Waals surface area contributed by atoms with Crippen molar-refractivity contribution in [2.24, 2.45) is 34.5 Å². The Balaban J connectivity index is 1.60. The molecule has 0 amide bonds. The molecule has 1 unspecified atom stereocenters. The van der Waals surface area contributed by atoms with Gasteiger partial charge in [0.05, 0.1) is 0 Å². The number of rotatable bonds is 6. The molecule has 0 aliphatic heterocycles. The third-order valence-electron chi connectivity index (χ3n) is 8.86. The van der Waals surface area contributed by atoms with Crippen molar-refractivity contribution >= 4 is 23.3 Å². The van der Waals surface area contributed by atoms with E-state index >= 15 is 0 Å². The summed E-state index contributed by atoms with van der Waals surface area (Å²) in [5.41, 5.74) is 0.259. The summed E-state index contributed by atoms with van der Waals surface area (Å²) < 4.78 is 15.6. The summed E-state index contributed by atoms with van der Waals surface area (Å²) >= 11 is 0. The van der Waals surface area contributed by atoms with Crippen LogP contribution in [0.2, 0.25) is 0 Å². The summed E-state index contributed by atoms with van der Waals surface area (Å²) in [6, 6.07) is 0. The van der Waals surface area contributed by atoms with Gasteiger partial charge in [-0.05, 0) is 55.4 Å². The molecular weight excluding hydrogens is 412 g/mol. The number of esters is 1. The van der Waals surface area contributed by atoms with Gasteiger partial charge in [0.25, 0.3) is 0 Å². The topological polar surface area (TPSA) is 96.0 Å². The molecule has 3 saturated carbocycles. The van der Waals surface area contributed by atoms with Crippen LogP contribution in [-0.4, -0.2) is 49.9 Å². The van der Waals surface area contributed by atoms with Crippen molar-refractivity contribution < 1.29 is 33.4 Å². The van der Waals surface area contributed by atoms with Crippen molar-refractivity contribution in [3.8, 4) is 0 Å². The lowest BCUT2D eigenvalue weighted by molar-refractivity contribution is -0.157. The minimum atomic E-state index is -0.592. The monoisotopic (exact) mass is 446 g/mol. The maximum atomic E-state index is 13.7. The maximum Gasteiger partial charge on any atom is 0.303 e. The van der Waals surface area contributed by atoms with Crippen LogP contribution in [0.5, 0.6) is 0 Å². The largest absolute Gasteiger partial charge is 0.458 e. The molecule has 32 heavy (non-hydrogen) atoms. The SMILES string of the molecule is COCOC1C[C@@]2(C)C(=CC1=O)CC[C@H]1[C@@H]3CC[C@H](C(=O)COC(C)=O)[C@@]3(C)CC(=O)[C@@H]12. The van der Waals surface area contributed by atoms with Crippen molar-refractivity contribution in [3.05, 3.63) is 11.6 Å². The average molecular weight is 447 g/mol. The van der Waals surface area contributed by atoms with Crippen LogP contribution in [0.4, 0.5) is 0 Å². The lowest BCUT2D eigenvalue weighted by Crippen LogP contribution is -2.57. The summed E-state index contributed by atoms with van der Waals surface area (Å²) in [4.78, 5) is 50.3. The first-order valence-corrected chi connectivity index (χ1v) is 11.7. The first-order valence-electron chi connectivity index (χ1n) is 11.7. The predicted octanol–water partition coefficient (Wildman–Crippen LogP) is 3.04. The average Bonchev–Trinajstić information content (AvgIpc) is 3.07. The smallest absolute Gasteiger partial charge is 0.303 e. The second kappa shape index (κ2) is 8.49. The molecule has 176 valence electrons. The number of Topliss-reactive ketones (excluding diaryl/α,β-unsaturated/α-hetero) is 2. The van der Waals surface area contributed by atoms with E-state index in [4.69, 9.17) is 14.2 Å². The van der Waals surface area contributed by atoms with Crippen molar-refractivity contribution in [1.82, 2.24) is 0 Å². The van der Waals surface area contributed by atoms with E-state index in [-0.39, 0.29) is 54.4 Å². The first kappa shape index (κ1) is 23.3. The molecule has 0 aromatic carbocycles. The second-order valence-electron chi connectivity index (χ2n) is 10.6. The van der Waals surface area contributed by atoms with E-state index in [0.717, 1.165) is 31.3 Å². The van der Waals surface area contributed by atoms with E-state index in [2.05, 4.69) is 13.8 Å². The molecule has 4 aliphatic carbocycles. The van der Waals surface area contributed by atoms with Gasteiger partial charge in [0, 0.05) is 37.7 Å². The van der Waals surface area contributed by atoms with Gasteiger partial charge < -0.3 is 14.2 Å². The summed E-state index contributed by atoms with van der Waals surface area (Å²) in [5.74, 6) is -0.356. The minimum absolute atomic E-state index is 0.0435. The molecule has 4 aliphatic rings. The Kier molecular flexibility index (Phi) is 6.18. The van der Waals surface area contributed by atoms with Gasteiger partial charge in [-0.25, -0.2) is 0 Å². The fourth-order valence-corrected chi connectivity index (χ4v) is 7.52. The third kappa shape index (κ3) is 3.67. The molecule has 0 bridgehead atoms. The number of allylic oxidation sites excluding steroid dienone is 1. The lowest BCUT2D eigenvalue weighted by Gasteiger charge is -2.57. The van der Waals surface area contributed by atoms with Crippen LogP contribution in [0.3, 0.4) is 0 Å². The molecule has 0 radical (unpaired) electrons. The molecule has 7 atom stereocenters. The highest BCUT2D eigenvalue weighted by Gasteiger charge is 2.63. The molecule has 7 nitrogen and oxygen atoms in total. The lowest BCUT2D eigenvalue weighted by atomic mass is 9.46. The maximum absolute atomic E-state index is 13.7. The summed E-state index contributed by atoms with van der Waals surface area (Å²) in [6.45, 7) is 5.33. The highest BCUT2D eigenvalue weighted by Crippen LogP contribution is 2.65. The molecule has 0 aromatic rings. The van der Waals surface area contributed by atoms with E-state index < -0.39 is 22.9 Å². The molecule has 0 aromatic heterocycles. The highest BCUT2D eigenvalue weighted by atomic mass is 16.7. The van der Waals surface area contributed by atoms with Gasteiger partial charge in [0.15, 0.2) is 11.6 Å². The summed E-state index contributed by atoms with van der Waals surface area (Å²) in [7, 11) is 1.53. The van der Waals surface area contributed by atoms with E-state index in [1.54, 1.807) is 6.08 Å². The fraction of sp³-hybridized carbons (Fsp3) is 0.760. The zero-order chi connectivity index (χ0) is 23.3. The van der Waals surface area contributed by atoms with Gasteiger partial charge in [0.1, 0.15) is 25.3 Å². The van der Waals surface area contributed by atoms with Gasteiger partial charge in [-0.1, -0.05) is 19.4 Å². The van der Waals surface area contributed by atoms with Crippen molar-refractivity contribution in [1.29, 1.82) is 0 Å². The Morgan fingerprint density at radius 1 is 1.16 bits per heavy atom. The number of ketones is 3. The number of ether oxygens (including phenoxy) is 3. The van der Waals surface area contributed by atoms with Crippen LogP contribution >= 0.6 is 0 Å². The molecule has 0 spiro atoms.